The highest BCUT2D eigenvalue weighted by atomic mass is 16.5. The summed E-state index contributed by atoms with van der Waals surface area (Å²) < 4.78 is 7.78. The molecule has 27 heavy (non-hydrogen) atoms. The molecule has 1 aliphatic heterocycles. The molecule has 1 aliphatic carbocycles. The Bertz CT molecular complexity index is 937. The number of imidazole rings is 1. The molecule has 1 atom stereocenters. The van der Waals surface area contributed by atoms with Crippen LogP contribution in [-0.4, -0.2) is 48.0 Å². The lowest BCUT2D eigenvalue weighted by Crippen LogP contribution is -2.44. The van der Waals surface area contributed by atoms with Gasteiger partial charge in [0.05, 0.1) is 23.8 Å². The summed E-state index contributed by atoms with van der Waals surface area (Å²) in [6, 6.07) is 5.29. The third kappa shape index (κ3) is 3.23. The molecule has 0 radical (unpaired) electrons. The molecule has 0 bridgehead atoms. The molecule has 2 fully saturated rings. The predicted octanol–water partition coefficient (Wildman–Crippen LogP) is 2.09. The van der Waals surface area contributed by atoms with Crippen molar-refractivity contribution in [2.24, 2.45) is 0 Å². The molecular formula is C19H20N6O2. The van der Waals surface area contributed by atoms with Gasteiger partial charge in [0.15, 0.2) is 5.82 Å². The van der Waals surface area contributed by atoms with E-state index >= 15 is 0 Å². The van der Waals surface area contributed by atoms with Crippen LogP contribution in [0.4, 0.5) is 0 Å². The first-order chi connectivity index (χ1) is 13.2. The highest BCUT2D eigenvalue weighted by Gasteiger charge is 2.46. The summed E-state index contributed by atoms with van der Waals surface area (Å²) >= 11 is 0. The van der Waals surface area contributed by atoms with Gasteiger partial charge in [-0.1, -0.05) is 0 Å². The fourth-order valence-electron chi connectivity index (χ4n) is 3.64. The number of aromatic hydroxyl groups is 1. The van der Waals surface area contributed by atoms with Crippen molar-refractivity contribution in [1.82, 2.24) is 30.0 Å². The lowest BCUT2D eigenvalue weighted by molar-refractivity contribution is 0.126. The van der Waals surface area contributed by atoms with Crippen molar-refractivity contribution >= 4 is 0 Å². The van der Waals surface area contributed by atoms with Crippen molar-refractivity contribution in [2.45, 2.75) is 37.3 Å². The Labute approximate surface area is 156 Å². The number of hydrogen-bond donors (Lipinski definition) is 2. The maximum atomic E-state index is 10.4. The summed E-state index contributed by atoms with van der Waals surface area (Å²) in [7, 11) is 0. The Morgan fingerprint density at radius 2 is 2.19 bits per heavy atom. The summed E-state index contributed by atoms with van der Waals surface area (Å²) in [4.78, 5) is 8.33. The lowest BCUT2D eigenvalue weighted by atomic mass is 10.00. The molecule has 3 heterocycles. The minimum Gasteiger partial charge on any atom is -0.507 e. The van der Waals surface area contributed by atoms with E-state index in [0.717, 1.165) is 25.1 Å². The van der Waals surface area contributed by atoms with E-state index in [1.165, 1.54) is 12.8 Å². The van der Waals surface area contributed by atoms with Gasteiger partial charge in [-0.25, -0.2) is 9.97 Å². The average Bonchev–Trinajstić information content (AvgIpc) is 3.20. The number of rotatable bonds is 4. The van der Waals surface area contributed by atoms with Crippen molar-refractivity contribution in [3.63, 3.8) is 0 Å². The fourth-order valence-corrected chi connectivity index (χ4v) is 3.64. The van der Waals surface area contributed by atoms with E-state index in [4.69, 9.17) is 4.74 Å². The van der Waals surface area contributed by atoms with Gasteiger partial charge in [0.25, 0.3) is 5.88 Å². The van der Waals surface area contributed by atoms with Crippen LogP contribution in [0.1, 0.15) is 25.7 Å². The molecule has 2 N–H and O–H groups in total. The zero-order valence-corrected chi connectivity index (χ0v) is 14.7. The molecule has 8 nitrogen and oxygen atoms in total. The van der Waals surface area contributed by atoms with Crippen molar-refractivity contribution in [2.75, 3.05) is 6.54 Å². The highest BCUT2D eigenvalue weighted by molar-refractivity contribution is 5.65. The lowest BCUT2D eigenvalue weighted by Gasteiger charge is -2.30. The van der Waals surface area contributed by atoms with E-state index < -0.39 is 0 Å². The van der Waals surface area contributed by atoms with Gasteiger partial charge in [0, 0.05) is 30.4 Å². The van der Waals surface area contributed by atoms with Gasteiger partial charge >= 0.3 is 0 Å². The van der Waals surface area contributed by atoms with E-state index in [2.05, 4.69) is 25.5 Å². The number of nitrogens with zero attached hydrogens (tertiary/aromatic N) is 5. The van der Waals surface area contributed by atoms with Crippen LogP contribution in [0.5, 0.6) is 11.6 Å². The van der Waals surface area contributed by atoms with Crippen LogP contribution in [-0.2, 0) is 0 Å². The summed E-state index contributed by atoms with van der Waals surface area (Å²) in [6.45, 7) is 0.973. The highest BCUT2D eigenvalue weighted by Crippen LogP contribution is 2.42. The molecule has 5 rings (SSSR count). The Kier molecular flexibility index (Phi) is 3.78. The standard InChI is InChI=1S/C19H20N6O2/c26-16-9-13(25-8-7-20-12-25)1-2-15(16)18-21-11-17(23-24-18)27-14-3-6-22-19(10-14)4-5-19/h1-2,7-9,11-12,14,22,26H,3-6,10H2/t14-/m0/s1. The monoisotopic (exact) mass is 364 g/mol. The van der Waals surface area contributed by atoms with Gasteiger partial charge in [-0.3, -0.25) is 0 Å². The van der Waals surface area contributed by atoms with E-state index in [-0.39, 0.29) is 11.9 Å². The first kappa shape index (κ1) is 16.2. The van der Waals surface area contributed by atoms with E-state index in [0.29, 0.717) is 22.8 Å². The minimum absolute atomic E-state index is 0.0886. The van der Waals surface area contributed by atoms with Gasteiger partial charge in [-0.2, -0.15) is 0 Å². The predicted molar refractivity (Wildman–Crippen MR) is 97.7 cm³/mol. The number of benzene rings is 1. The maximum absolute atomic E-state index is 10.4. The number of aromatic nitrogens is 5. The zero-order valence-electron chi connectivity index (χ0n) is 14.7. The molecule has 1 spiro atoms. The van der Waals surface area contributed by atoms with E-state index in [1.807, 2.05) is 16.8 Å². The molecule has 2 aliphatic rings. The third-order valence-corrected chi connectivity index (χ3v) is 5.29. The Balaban J connectivity index is 1.31. The fraction of sp³-hybridized carbons (Fsp3) is 0.368. The first-order valence-electron chi connectivity index (χ1n) is 9.14. The topological polar surface area (TPSA) is 98.0 Å². The number of phenolic OH excluding ortho intramolecular Hbond substituents is 1. The Morgan fingerprint density at radius 3 is 2.89 bits per heavy atom. The van der Waals surface area contributed by atoms with Crippen LogP contribution in [0.25, 0.3) is 17.1 Å². The maximum Gasteiger partial charge on any atom is 0.252 e. The van der Waals surface area contributed by atoms with Gasteiger partial charge < -0.3 is 19.7 Å². The summed E-state index contributed by atoms with van der Waals surface area (Å²) in [5.41, 5.74) is 1.63. The molecule has 1 saturated carbocycles. The van der Waals surface area contributed by atoms with E-state index in [9.17, 15) is 5.11 Å². The number of piperidine rings is 1. The van der Waals surface area contributed by atoms with Crippen LogP contribution in [0.15, 0.2) is 43.1 Å². The molecule has 138 valence electrons. The molecule has 1 saturated heterocycles. The summed E-state index contributed by atoms with van der Waals surface area (Å²) in [5, 5.41) is 22.2. The van der Waals surface area contributed by atoms with E-state index in [1.54, 1.807) is 30.9 Å². The third-order valence-electron chi connectivity index (χ3n) is 5.29. The molecular weight excluding hydrogens is 344 g/mol. The number of phenols is 1. The quantitative estimate of drug-likeness (QED) is 0.731. The summed E-state index contributed by atoms with van der Waals surface area (Å²) in [5.74, 6) is 0.877. The molecule has 2 aromatic heterocycles. The number of nitrogens with one attached hydrogen (secondary N) is 1. The molecule has 0 unspecified atom stereocenters. The normalized spacial score (nSPS) is 20.5. The SMILES string of the molecule is Oc1cc(-n2ccnc2)ccc1-c1ncc(O[C@H]2CCNC3(CC3)C2)nn1. The van der Waals surface area contributed by atoms with Gasteiger partial charge in [-0.15, -0.1) is 10.2 Å². The molecule has 1 aromatic carbocycles. The molecule has 3 aromatic rings. The van der Waals surface area contributed by atoms with Crippen LogP contribution < -0.4 is 10.1 Å². The van der Waals surface area contributed by atoms with Gasteiger partial charge in [0.2, 0.25) is 0 Å². The number of hydrogen-bond acceptors (Lipinski definition) is 7. The second-order valence-electron chi connectivity index (χ2n) is 7.23. The van der Waals surface area contributed by atoms with Crippen LogP contribution in [0.2, 0.25) is 0 Å². The first-order valence-corrected chi connectivity index (χ1v) is 9.14. The van der Waals surface area contributed by atoms with Crippen LogP contribution >= 0.6 is 0 Å². The largest absolute Gasteiger partial charge is 0.507 e. The minimum atomic E-state index is 0.0886. The van der Waals surface area contributed by atoms with Crippen LogP contribution in [0.3, 0.4) is 0 Å². The van der Waals surface area contributed by atoms with Crippen molar-refractivity contribution in [3.05, 3.63) is 43.1 Å². The Hall–Kier alpha value is -3.00. The molecule has 0 amide bonds. The van der Waals surface area contributed by atoms with Gasteiger partial charge in [-0.05, 0) is 37.9 Å². The Morgan fingerprint density at radius 1 is 1.26 bits per heavy atom. The van der Waals surface area contributed by atoms with Crippen molar-refractivity contribution in [3.8, 4) is 28.7 Å². The number of ether oxygens (including phenoxy) is 1. The van der Waals surface area contributed by atoms with Crippen LogP contribution in [0, 0.1) is 0 Å². The van der Waals surface area contributed by atoms with Gasteiger partial charge in [0.1, 0.15) is 11.9 Å². The molecule has 8 heteroatoms. The average molecular weight is 364 g/mol. The second-order valence-corrected chi connectivity index (χ2v) is 7.23. The second kappa shape index (κ2) is 6.31. The van der Waals surface area contributed by atoms with Crippen molar-refractivity contribution in [1.29, 1.82) is 0 Å². The zero-order chi connectivity index (χ0) is 18.3. The van der Waals surface area contributed by atoms with Crippen molar-refractivity contribution < 1.29 is 9.84 Å². The summed E-state index contributed by atoms with van der Waals surface area (Å²) in [6.07, 6.45) is 11.3. The smallest absolute Gasteiger partial charge is 0.252 e.